The van der Waals surface area contributed by atoms with E-state index < -0.39 is 0 Å². The van der Waals surface area contributed by atoms with Crippen molar-refractivity contribution in [2.24, 2.45) is 0 Å². The zero-order valence-corrected chi connectivity index (χ0v) is 9.42. The highest BCUT2D eigenvalue weighted by Crippen LogP contribution is 2.16. The molecule has 0 saturated carbocycles. The molecule has 0 N–H and O–H groups in total. The van der Waals surface area contributed by atoms with E-state index in [2.05, 4.69) is 9.97 Å². The first kappa shape index (κ1) is 11.3. The minimum Gasteiger partial charge on any atom is -0.272 e. The summed E-state index contributed by atoms with van der Waals surface area (Å²) in [6, 6.07) is 9.03. The van der Waals surface area contributed by atoms with Crippen LogP contribution in [-0.2, 0) is 0 Å². The van der Waals surface area contributed by atoms with Gasteiger partial charge in [0.15, 0.2) is 17.2 Å². The third kappa shape index (κ3) is 1.67. The predicted molar refractivity (Wildman–Crippen MR) is 60.2 cm³/mol. The molecule has 6 nitrogen and oxygen atoms in total. The van der Waals surface area contributed by atoms with E-state index in [9.17, 15) is 0 Å². The van der Waals surface area contributed by atoms with Gasteiger partial charge >= 0.3 is 0 Å². The van der Waals surface area contributed by atoms with Crippen molar-refractivity contribution in [3.63, 3.8) is 0 Å². The Morgan fingerprint density at radius 1 is 1.11 bits per heavy atom. The Bertz CT molecular complexity index is 735. The highest BCUT2D eigenvalue weighted by molar-refractivity contribution is 5.49. The average Bonchev–Trinajstić information content (AvgIpc) is 2.81. The molecule has 2 aromatic heterocycles. The normalized spacial score (nSPS) is 9.22. The highest BCUT2D eigenvalue weighted by Gasteiger charge is 2.15. The van der Waals surface area contributed by atoms with Crippen LogP contribution in [0, 0.1) is 40.9 Å². The lowest BCUT2D eigenvalue weighted by molar-refractivity contribution is 0.954. The Morgan fingerprint density at radius 3 is 2.50 bits per heavy atom. The van der Waals surface area contributed by atoms with Crippen LogP contribution in [0.25, 0.3) is 5.82 Å². The maximum atomic E-state index is 9.04. The Kier molecular flexibility index (Phi) is 2.75. The lowest BCUT2D eigenvalue weighted by atomic mass is 10.2. The van der Waals surface area contributed by atoms with E-state index in [1.54, 1.807) is 19.1 Å². The largest absolute Gasteiger partial charge is 0.272 e. The summed E-state index contributed by atoms with van der Waals surface area (Å²) >= 11 is 0. The van der Waals surface area contributed by atoms with Gasteiger partial charge in [0.05, 0.1) is 5.56 Å². The molecule has 0 amide bonds. The second kappa shape index (κ2) is 4.37. The zero-order chi connectivity index (χ0) is 13.1. The summed E-state index contributed by atoms with van der Waals surface area (Å²) in [6.45, 7) is 1.78. The molecule has 0 radical (unpaired) electrons. The average molecular weight is 234 g/mol. The van der Waals surface area contributed by atoms with Crippen molar-refractivity contribution in [3.05, 3.63) is 41.1 Å². The standard InChI is InChI=1S/C12H6N6/c1-8-2-3-9(4-13)12(17-8)18-7-16-10(5-14)11(18)6-15/h2-3,7H,1H3. The van der Waals surface area contributed by atoms with Gasteiger partial charge in [-0.1, -0.05) is 0 Å². The van der Waals surface area contributed by atoms with Crippen molar-refractivity contribution in [2.45, 2.75) is 6.92 Å². The molecular weight excluding hydrogens is 228 g/mol. The molecule has 2 heterocycles. The molecule has 2 aromatic rings. The third-order valence-electron chi connectivity index (χ3n) is 2.34. The first-order valence-electron chi connectivity index (χ1n) is 4.97. The number of aryl methyl sites for hydroxylation is 1. The van der Waals surface area contributed by atoms with Gasteiger partial charge in [-0.2, -0.15) is 15.8 Å². The molecule has 18 heavy (non-hydrogen) atoms. The number of pyridine rings is 1. The summed E-state index contributed by atoms with van der Waals surface area (Å²) in [5, 5.41) is 26.9. The molecule has 0 fully saturated rings. The van der Waals surface area contributed by atoms with Crippen LogP contribution in [0.4, 0.5) is 0 Å². The molecule has 2 rings (SSSR count). The molecule has 0 aliphatic rings. The van der Waals surface area contributed by atoms with Crippen LogP contribution in [0.2, 0.25) is 0 Å². The topological polar surface area (TPSA) is 102 Å². The number of hydrogen-bond donors (Lipinski definition) is 0. The van der Waals surface area contributed by atoms with Crippen molar-refractivity contribution in [3.8, 4) is 24.0 Å². The maximum Gasteiger partial charge on any atom is 0.177 e. The molecule has 6 heteroatoms. The summed E-state index contributed by atoms with van der Waals surface area (Å²) in [6.07, 6.45) is 1.32. The predicted octanol–water partition coefficient (Wildman–Crippen LogP) is 1.19. The Labute approximate surface area is 103 Å². The van der Waals surface area contributed by atoms with Gasteiger partial charge in [-0.15, -0.1) is 0 Å². The number of hydrogen-bond acceptors (Lipinski definition) is 5. The molecule has 0 aliphatic heterocycles. The van der Waals surface area contributed by atoms with Crippen LogP contribution in [-0.4, -0.2) is 14.5 Å². The monoisotopic (exact) mass is 234 g/mol. The van der Waals surface area contributed by atoms with Crippen molar-refractivity contribution in [1.82, 2.24) is 14.5 Å². The van der Waals surface area contributed by atoms with Gasteiger partial charge in [0, 0.05) is 5.69 Å². The van der Waals surface area contributed by atoms with Gasteiger partial charge in [0.25, 0.3) is 0 Å². The number of rotatable bonds is 1. The van der Waals surface area contributed by atoms with Gasteiger partial charge < -0.3 is 0 Å². The molecule has 0 spiro atoms. The minimum absolute atomic E-state index is 0.0182. The first-order valence-corrected chi connectivity index (χ1v) is 4.97. The summed E-state index contributed by atoms with van der Waals surface area (Å²) in [4.78, 5) is 8.03. The van der Waals surface area contributed by atoms with Crippen LogP contribution in [0.5, 0.6) is 0 Å². The van der Waals surface area contributed by atoms with Crippen molar-refractivity contribution < 1.29 is 0 Å². The molecular formula is C12H6N6. The first-order chi connectivity index (χ1) is 8.71. The van der Waals surface area contributed by atoms with Gasteiger partial charge in [0.1, 0.15) is 24.5 Å². The molecule has 0 aliphatic carbocycles. The van der Waals surface area contributed by atoms with E-state index in [1.165, 1.54) is 10.9 Å². The van der Waals surface area contributed by atoms with Crippen LogP contribution in [0.15, 0.2) is 18.5 Å². The van der Waals surface area contributed by atoms with Gasteiger partial charge in [-0.3, -0.25) is 4.57 Å². The molecule has 0 atom stereocenters. The fourth-order valence-corrected chi connectivity index (χ4v) is 1.51. The Hall–Kier alpha value is -3.17. The van der Waals surface area contributed by atoms with E-state index in [0.29, 0.717) is 17.1 Å². The maximum absolute atomic E-state index is 9.04. The van der Waals surface area contributed by atoms with Gasteiger partial charge in [-0.05, 0) is 19.1 Å². The highest BCUT2D eigenvalue weighted by atomic mass is 15.1. The van der Waals surface area contributed by atoms with Crippen molar-refractivity contribution in [2.75, 3.05) is 0 Å². The molecule has 84 valence electrons. The van der Waals surface area contributed by atoms with E-state index in [1.807, 2.05) is 18.2 Å². The van der Waals surface area contributed by atoms with Crippen molar-refractivity contribution in [1.29, 1.82) is 15.8 Å². The third-order valence-corrected chi connectivity index (χ3v) is 2.34. The molecule has 0 bridgehead atoms. The summed E-state index contributed by atoms with van der Waals surface area (Å²) in [5.74, 6) is 0.308. The Balaban J connectivity index is 2.75. The molecule has 0 unspecified atom stereocenters. The molecule has 0 aromatic carbocycles. The fourth-order valence-electron chi connectivity index (χ4n) is 1.51. The van der Waals surface area contributed by atoms with Crippen LogP contribution in [0.3, 0.4) is 0 Å². The Morgan fingerprint density at radius 2 is 1.89 bits per heavy atom. The summed E-state index contributed by atoms with van der Waals surface area (Å²) < 4.78 is 1.35. The smallest absolute Gasteiger partial charge is 0.177 e. The van der Waals surface area contributed by atoms with E-state index >= 15 is 0 Å². The quantitative estimate of drug-likeness (QED) is 0.737. The minimum atomic E-state index is 0.0182. The number of nitriles is 3. The van der Waals surface area contributed by atoms with Crippen molar-refractivity contribution >= 4 is 0 Å². The summed E-state index contributed by atoms with van der Waals surface area (Å²) in [7, 11) is 0. The lowest BCUT2D eigenvalue weighted by Crippen LogP contribution is -2.03. The van der Waals surface area contributed by atoms with Crippen LogP contribution in [0.1, 0.15) is 22.6 Å². The number of aromatic nitrogens is 3. The van der Waals surface area contributed by atoms with Crippen LogP contribution >= 0.6 is 0 Å². The second-order valence-corrected chi connectivity index (χ2v) is 3.47. The fraction of sp³-hybridized carbons (Fsp3) is 0.0833. The van der Waals surface area contributed by atoms with Crippen LogP contribution < -0.4 is 0 Å². The van der Waals surface area contributed by atoms with Gasteiger partial charge in [0.2, 0.25) is 0 Å². The van der Waals surface area contributed by atoms with E-state index in [-0.39, 0.29) is 11.4 Å². The molecule has 0 saturated heterocycles. The number of imidazole rings is 1. The SMILES string of the molecule is Cc1ccc(C#N)c(-n2cnc(C#N)c2C#N)n1. The number of nitrogens with zero attached hydrogens (tertiary/aromatic N) is 6. The second-order valence-electron chi connectivity index (χ2n) is 3.47. The lowest BCUT2D eigenvalue weighted by Gasteiger charge is -2.05. The van der Waals surface area contributed by atoms with Gasteiger partial charge in [-0.25, -0.2) is 9.97 Å². The van der Waals surface area contributed by atoms with E-state index in [0.717, 1.165) is 0 Å². The zero-order valence-electron chi connectivity index (χ0n) is 9.42. The van der Waals surface area contributed by atoms with E-state index in [4.69, 9.17) is 15.8 Å². The summed E-state index contributed by atoms with van der Waals surface area (Å²) in [5.41, 5.74) is 1.12.